The zero-order valence-electron chi connectivity index (χ0n) is 12.1. The Morgan fingerprint density at radius 2 is 1.76 bits per heavy atom. The number of nitro benzene ring substituents is 1. The summed E-state index contributed by atoms with van der Waals surface area (Å²) in [4.78, 5) is 23.5. The summed E-state index contributed by atoms with van der Waals surface area (Å²) in [5.74, 6) is -0.290. The Morgan fingerprint density at radius 3 is 2.29 bits per heavy atom. The quantitative estimate of drug-likeness (QED) is 0.474. The molecule has 4 nitrogen and oxygen atoms in total. The predicted octanol–water partition coefficient (Wildman–Crippen LogP) is 3.95. The summed E-state index contributed by atoms with van der Waals surface area (Å²) in [6, 6.07) is 12.1. The fourth-order valence-electron chi connectivity index (χ4n) is 2.37. The number of aryl methyl sites for hydroxylation is 2. The van der Waals surface area contributed by atoms with E-state index in [4.69, 9.17) is 0 Å². The van der Waals surface area contributed by atoms with Crippen LogP contribution in [0, 0.1) is 10.1 Å². The third-order valence-corrected chi connectivity index (χ3v) is 3.51. The number of hydrogen-bond donors (Lipinski definition) is 0. The molecular formula is C17H17NO3. The highest BCUT2D eigenvalue weighted by molar-refractivity contribution is 6.12. The second kappa shape index (κ2) is 6.31. The number of benzene rings is 2. The molecule has 4 heteroatoms. The summed E-state index contributed by atoms with van der Waals surface area (Å²) in [6.45, 7) is 3.84. The van der Waals surface area contributed by atoms with E-state index in [1.54, 1.807) is 24.3 Å². The standard InChI is InChI=1S/C17H17NO3/c1-3-12-10-13(4-2)16(15(11-12)18(20)21)17(19)14-8-6-5-7-9-14/h5-11H,3-4H2,1-2H3. The summed E-state index contributed by atoms with van der Waals surface area (Å²) in [5, 5.41) is 11.3. The Hall–Kier alpha value is -2.49. The van der Waals surface area contributed by atoms with E-state index in [9.17, 15) is 14.9 Å². The molecule has 0 aliphatic rings. The molecule has 2 aromatic carbocycles. The molecule has 0 heterocycles. The first kappa shape index (κ1) is 14.9. The number of hydrogen-bond acceptors (Lipinski definition) is 3. The van der Waals surface area contributed by atoms with E-state index < -0.39 is 4.92 Å². The Bertz CT molecular complexity index is 678. The van der Waals surface area contributed by atoms with Gasteiger partial charge in [-0.2, -0.15) is 0 Å². The van der Waals surface area contributed by atoms with Crippen LogP contribution in [0.5, 0.6) is 0 Å². The molecule has 0 unspecified atom stereocenters. The van der Waals surface area contributed by atoms with E-state index in [0.29, 0.717) is 18.4 Å². The second-order valence-corrected chi connectivity index (χ2v) is 4.81. The Kier molecular flexibility index (Phi) is 4.48. The summed E-state index contributed by atoms with van der Waals surface area (Å²) in [6.07, 6.45) is 1.29. The van der Waals surface area contributed by atoms with Gasteiger partial charge in [-0.1, -0.05) is 50.2 Å². The van der Waals surface area contributed by atoms with E-state index in [0.717, 1.165) is 11.1 Å². The zero-order valence-corrected chi connectivity index (χ0v) is 12.1. The van der Waals surface area contributed by atoms with E-state index in [1.165, 1.54) is 6.07 Å². The molecule has 0 fully saturated rings. The first-order valence-electron chi connectivity index (χ1n) is 6.98. The fraction of sp³-hybridized carbons (Fsp3) is 0.235. The van der Waals surface area contributed by atoms with Gasteiger partial charge in [0, 0.05) is 11.6 Å². The van der Waals surface area contributed by atoms with Crippen LogP contribution in [0.2, 0.25) is 0 Å². The molecule has 0 amide bonds. The van der Waals surface area contributed by atoms with Crippen molar-refractivity contribution in [3.05, 3.63) is 74.8 Å². The van der Waals surface area contributed by atoms with Crippen molar-refractivity contribution in [2.45, 2.75) is 26.7 Å². The van der Waals surface area contributed by atoms with Crippen LogP contribution in [-0.2, 0) is 12.8 Å². The van der Waals surface area contributed by atoms with E-state index in [1.807, 2.05) is 26.0 Å². The van der Waals surface area contributed by atoms with Gasteiger partial charge < -0.3 is 0 Å². The molecule has 0 spiro atoms. The van der Waals surface area contributed by atoms with Gasteiger partial charge in [0.2, 0.25) is 0 Å². The van der Waals surface area contributed by atoms with E-state index in [2.05, 4.69) is 0 Å². The number of carbonyl (C=O) groups excluding carboxylic acids is 1. The van der Waals surface area contributed by atoms with Gasteiger partial charge in [0.25, 0.3) is 5.69 Å². The lowest BCUT2D eigenvalue weighted by Crippen LogP contribution is -2.10. The maximum Gasteiger partial charge on any atom is 0.281 e. The number of rotatable bonds is 5. The molecule has 2 rings (SSSR count). The monoisotopic (exact) mass is 283 g/mol. The number of ketones is 1. The average molecular weight is 283 g/mol. The van der Waals surface area contributed by atoms with Crippen molar-refractivity contribution in [1.82, 2.24) is 0 Å². The van der Waals surface area contributed by atoms with Gasteiger partial charge in [-0.15, -0.1) is 0 Å². The normalized spacial score (nSPS) is 10.4. The number of nitrogens with zero attached hydrogens (tertiary/aromatic N) is 1. The van der Waals surface area contributed by atoms with E-state index >= 15 is 0 Å². The van der Waals surface area contributed by atoms with Gasteiger partial charge in [0.05, 0.1) is 4.92 Å². The minimum absolute atomic E-state index is 0.0972. The molecule has 0 atom stereocenters. The lowest BCUT2D eigenvalue weighted by molar-refractivity contribution is -0.385. The molecule has 0 saturated carbocycles. The third-order valence-electron chi connectivity index (χ3n) is 3.51. The van der Waals surface area contributed by atoms with Crippen LogP contribution in [0.3, 0.4) is 0 Å². The summed E-state index contributed by atoms with van der Waals surface area (Å²) in [5.41, 5.74) is 2.20. The second-order valence-electron chi connectivity index (χ2n) is 4.81. The van der Waals surface area contributed by atoms with Crippen molar-refractivity contribution >= 4 is 11.5 Å². The van der Waals surface area contributed by atoms with Gasteiger partial charge in [0.15, 0.2) is 5.78 Å². The smallest absolute Gasteiger partial charge is 0.281 e. The largest absolute Gasteiger partial charge is 0.288 e. The SMILES string of the molecule is CCc1cc(CC)c(C(=O)c2ccccc2)c([N+](=O)[O-])c1. The maximum atomic E-state index is 12.6. The molecule has 0 N–H and O–H groups in total. The van der Waals surface area contributed by atoms with Gasteiger partial charge >= 0.3 is 0 Å². The topological polar surface area (TPSA) is 60.2 Å². The minimum Gasteiger partial charge on any atom is -0.288 e. The van der Waals surface area contributed by atoms with Crippen LogP contribution in [0.25, 0.3) is 0 Å². The van der Waals surface area contributed by atoms with Gasteiger partial charge in [-0.25, -0.2) is 0 Å². The molecule has 0 saturated heterocycles. The fourth-order valence-corrected chi connectivity index (χ4v) is 2.37. The lowest BCUT2D eigenvalue weighted by atomic mass is 9.93. The van der Waals surface area contributed by atoms with E-state index in [-0.39, 0.29) is 17.0 Å². The van der Waals surface area contributed by atoms with Crippen LogP contribution < -0.4 is 0 Å². The lowest BCUT2D eigenvalue weighted by Gasteiger charge is -2.10. The van der Waals surface area contributed by atoms with Crippen LogP contribution in [-0.4, -0.2) is 10.7 Å². The summed E-state index contributed by atoms with van der Waals surface area (Å²) < 4.78 is 0. The Balaban J connectivity index is 2.66. The van der Waals surface area contributed by atoms with Crippen LogP contribution >= 0.6 is 0 Å². The van der Waals surface area contributed by atoms with Crippen molar-refractivity contribution < 1.29 is 9.72 Å². The molecule has 2 aromatic rings. The van der Waals surface area contributed by atoms with Gasteiger partial charge in [0.1, 0.15) is 5.56 Å². The van der Waals surface area contributed by atoms with Crippen molar-refractivity contribution in [3.8, 4) is 0 Å². The van der Waals surface area contributed by atoms with Gasteiger partial charge in [-0.05, 0) is 24.0 Å². The van der Waals surface area contributed by atoms with Crippen LogP contribution in [0.4, 0.5) is 5.69 Å². The maximum absolute atomic E-state index is 12.6. The van der Waals surface area contributed by atoms with Gasteiger partial charge in [-0.3, -0.25) is 14.9 Å². The van der Waals surface area contributed by atoms with Crippen molar-refractivity contribution in [3.63, 3.8) is 0 Å². The predicted molar refractivity (Wildman–Crippen MR) is 81.7 cm³/mol. The first-order valence-corrected chi connectivity index (χ1v) is 6.98. The Labute approximate surface area is 123 Å². The first-order chi connectivity index (χ1) is 10.1. The molecule has 0 aromatic heterocycles. The zero-order chi connectivity index (χ0) is 15.4. The summed E-state index contributed by atoms with van der Waals surface area (Å²) in [7, 11) is 0. The van der Waals surface area contributed by atoms with Crippen molar-refractivity contribution in [2.24, 2.45) is 0 Å². The van der Waals surface area contributed by atoms with Crippen molar-refractivity contribution in [1.29, 1.82) is 0 Å². The molecule has 0 aliphatic carbocycles. The molecule has 0 aliphatic heterocycles. The van der Waals surface area contributed by atoms with Crippen LogP contribution in [0.1, 0.15) is 40.9 Å². The molecule has 21 heavy (non-hydrogen) atoms. The number of carbonyl (C=O) groups is 1. The Morgan fingerprint density at radius 1 is 1.10 bits per heavy atom. The van der Waals surface area contributed by atoms with Crippen LogP contribution in [0.15, 0.2) is 42.5 Å². The molecule has 108 valence electrons. The minimum atomic E-state index is -0.464. The highest BCUT2D eigenvalue weighted by atomic mass is 16.6. The number of nitro groups is 1. The third kappa shape index (κ3) is 2.99. The highest BCUT2D eigenvalue weighted by Crippen LogP contribution is 2.28. The van der Waals surface area contributed by atoms with Crippen molar-refractivity contribution in [2.75, 3.05) is 0 Å². The summed E-state index contributed by atoms with van der Waals surface area (Å²) >= 11 is 0. The average Bonchev–Trinajstić information content (AvgIpc) is 2.53. The molecular weight excluding hydrogens is 266 g/mol. The molecule has 0 bridgehead atoms. The highest BCUT2D eigenvalue weighted by Gasteiger charge is 2.25. The molecule has 0 radical (unpaired) electrons.